The molecule has 0 saturated carbocycles. The van der Waals surface area contributed by atoms with Gasteiger partial charge in [-0.3, -0.25) is 0 Å². The Bertz CT molecular complexity index is 622. The molecule has 1 unspecified atom stereocenters. The molecule has 1 atom stereocenters. The quantitative estimate of drug-likeness (QED) is 0.934. The van der Waals surface area contributed by atoms with Crippen LogP contribution in [0.5, 0.6) is 5.75 Å². The Morgan fingerprint density at radius 1 is 1.24 bits per heavy atom. The Balaban J connectivity index is 1.72. The van der Waals surface area contributed by atoms with Gasteiger partial charge in [0.2, 0.25) is 0 Å². The van der Waals surface area contributed by atoms with Gasteiger partial charge in [-0.05, 0) is 42.3 Å². The van der Waals surface area contributed by atoms with Crippen molar-refractivity contribution in [2.45, 2.75) is 19.4 Å². The van der Waals surface area contributed by atoms with E-state index in [-0.39, 0.29) is 6.04 Å². The number of hydrogen-bond donors (Lipinski definition) is 1. The molecule has 2 heterocycles. The summed E-state index contributed by atoms with van der Waals surface area (Å²) in [5.41, 5.74) is 3.61. The van der Waals surface area contributed by atoms with Crippen LogP contribution in [-0.4, -0.2) is 25.7 Å². The highest BCUT2D eigenvalue weighted by Gasteiger charge is 2.14. The van der Waals surface area contributed by atoms with Crippen LogP contribution < -0.4 is 15.0 Å². The number of hydrogen-bond acceptors (Lipinski definition) is 4. The highest BCUT2D eigenvalue weighted by Crippen LogP contribution is 2.29. The van der Waals surface area contributed by atoms with E-state index in [1.54, 1.807) is 0 Å². The first-order chi connectivity index (χ1) is 10.1. The maximum absolute atomic E-state index is 5.55. The van der Waals surface area contributed by atoms with Gasteiger partial charge in [-0.2, -0.15) is 0 Å². The zero-order valence-corrected chi connectivity index (χ0v) is 12.8. The van der Waals surface area contributed by atoms with Crippen LogP contribution in [0.1, 0.15) is 24.1 Å². The second-order valence-corrected chi connectivity index (χ2v) is 5.63. The van der Waals surface area contributed by atoms with Gasteiger partial charge >= 0.3 is 0 Å². The lowest BCUT2D eigenvalue weighted by atomic mass is 10.0. The molecule has 1 aromatic heterocycles. The van der Waals surface area contributed by atoms with Crippen molar-refractivity contribution in [3.63, 3.8) is 0 Å². The van der Waals surface area contributed by atoms with Crippen molar-refractivity contribution < 1.29 is 4.74 Å². The molecule has 2 aromatic rings. The van der Waals surface area contributed by atoms with E-state index in [1.807, 2.05) is 31.3 Å². The van der Waals surface area contributed by atoms with Crippen molar-refractivity contribution in [2.75, 3.05) is 30.9 Å². The van der Waals surface area contributed by atoms with Gasteiger partial charge in [-0.1, -0.05) is 6.07 Å². The SMILES string of the molecule is CC(Nc1ccc(N(C)C)nc1)c1ccc2c(c1)CCO2. The molecule has 0 aliphatic carbocycles. The second-order valence-electron chi connectivity index (χ2n) is 5.63. The first-order valence-electron chi connectivity index (χ1n) is 7.29. The Morgan fingerprint density at radius 2 is 2.10 bits per heavy atom. The van der Waals surface area contributed by atoms with Gasteiger partial charge in [0.1, 0.15) is 11.6 Å². The molecule has 21 heavy (non-hydrogen) atoms. The number of nitrogens with zero attached hydrogens (tertiary/aromatic N) is 2. The van der Waals surface area contributed by atoms with Crippen LogP contribution in [-0.2, 0) is 6.42 Å². The fourth-order valence-electron chi connectivity index (χ4n) is 2.55. The molecular weight excluding hydrogens is 262 g/mol. The van der Waals surface area contributed by atoms with Gasteiger partial charge in [0.25, 0.3) is 0 Å². The van der Waals surface area contributed by atoms with E-state index >= 15 is 0 Å². The molecule has 0 saturated heterocycles. The Hall–Kier alpha value is -2.23. The lowest BCUT2D eigenvalue weighted by Gasteiger charge is -2.17. The molecular formula is C17H21N3O. The van der Waals surface area contributed by atoms with Crippen LogP contribution in [0.25, 0.3) is 0 Å². The lowest BCUT2D eigenvalue weighted by Crippen LogP contribution is -2.11. The smallest absolute Gasteiger partial charge is 0.128 e. The van der Waals surface area contributed by atoms with Gasteiger partial charge in [-0.15, -0.1) is 0 Å². The Morgan fingerprint density at radius 3 is 2.81 bits per heavy atom. The number of fused-ring (bicyclic) bond motifs is 1. The first-order valence-corrected chi connectivity index (χ1v) is 7.29. The van der Waals surface area contributed by atoms with Gasteiger partial charge in [0.15, 0.2) is 0 Å². The van der Waals surface area contributed by atoms with Crippen molar-refractivity contribution in [3.05, 3.63) is 47.7 Å². The maximum Gasteiger partial charge on any atom is 0.128 e. The van der Waals surface area contributed by atoms with E-state index in [9.17, 15) is 0 Å². The number of aromatic nitrogens is 1. The molecule has 0 fully saturated rings. The second kappa shape index (κ2) is 5.64. The third-order valence-electron chi connectivity index (χ3n) is 3.80. The van der Waals surface area contributed by atoms with Gasteiger partial charge < -0.3 is 15.0 Å². The van der Waals surface area contributed by atoms with Crippen LogP contribution >= 0.6 is 0 Å². The summed E-state index contributed by atoms with van der Waals surface area (Å²) in [5.74, 6) is 1.99. The molecule has 110 valence electrons. The number of nitrogens with one attached hydrogen (secondary N) is 1. The van der Waals surface area contributed by atoms with Crippen molar-refractivity contribution in [1.29, 1.82) is 0 Å². The normalized spacial score (nSPS) is 14.2. The Kier molecular flexibility index (Phi) is 3.69. The Labute approximate surface area is 125 Å². The standard InChI is InChI=1S/C17H21N3O/c1-12(13-4-6-16-14(10-13)8-9-21-16)19-15-5-7-17(18-11-15)20(2)3/h4-7,10-12,19H,8-9H2,1-3H3. The molecule has 1 aromatic carbocycles. The number of anilines is 2. The molecule has 0 amide bonds. The average Bonchev–Trinajstić information content (AvgIpc) is 2.95. The van der Waals surface area contributed by atoms with E-state index in [1.165, 1.54) is 11.1 Å². The first kappa shape index (κ1) is 13.7. The molecule has 0 bridgehead atoms. The van der Waals surface area contributed by atoms with Crippen molar-refractivity contribution >= 4 is 11.5 Å². The predicted molar refractivity (Wildman–Crippen MR) is 86.2 cm³/mol. The number of rotatable bonds is 4. The number of pyridine rings is 1. The monoisotopic (exact) mass is 283 g/mol. The molecule has 4 heteroatoms. The summed E-state index contributed by atoms with van der Waals surface area (Å²) in [7, 11) is 3.98. The van der Waals surface area contributed by atoms with Crippen LogP contribution in [0.3, 0.4) is 0 Å². The van der Waals surface area contributed by atoms with Crippen molar-refractivity contribution in [1.82, 2.24) is 4.98 Å². The summed E-state index contributed by atoms with van der Waals surface area (Å²) >= 11 is 0. The minimum Gasteiger partial charge on any atom is -0.493 e. The predicted octanol–water partition coefficient (Wildman–Crippen LogP) is 3.26. The molecule has 1 aliphatic rings. The fourth-order valence-corrected chi connectivity index (χ4v) is 2.55. The highest BCUT2D eigenvalue weighted by molar-refractivity contribution is 5.50. The molecule has 3 rings (SSSR count). The van der Waals surface area contributed by atoms with Crippen LogP contribution in [0.15, 0.2) is 36.5 Å². The van der Waals surface area contributed by atoms with E-state index in [4.69, 9.17) is 4.74 Å². The molecule has 0 radical (unpaired) electrons. The average molecular weight is 283 g/mol. The summed E-state index contributed by atoms with van der Waals surface area (Å²) in [6.45, 7) is 2.97. The summed E-state index contributed by atoms with van der Waals surface area (Å²) < 4.78 is 5.55. The van der Waals surface area contributed by atoms with Crippen LogP contribution in [0, 0.1) is 0 Å². The minimum absolute atomic E-state index is 0.239. The van der Waals surface area contributed by atoms with Crippen molar-refractivity contribution in [2.24, 2.45) is 0 Å². The fraction of sp³-hybridized carbons (Fsp3) is 0.353. The number of benzene rings is 1. The largest absolute Gasteiger partial charge is 0.493 e. The zero-order valence-electron chi connectivity index (χ0n) is 12.8. The van der Waals surface area contributed by atoms with E-state index < -0.39 is 0 Å². The molecule has 1 N–H and O–H groups in total. The number of ether oxygens (including phenoxy) is 1. The van der Waals surface area contributed by atoms with Gasteiger partial charge in [-0.25, -0.2) is 4.98 Å². The van der Waals surface area contributed by atoms with E-state index in [0.717, 1.165) is 30.3 Å². The molecule has 1 aliphatic heterocycles. The lowest BCUT2D eigenvalue weighted by molar-refractivity contribution is 0.357. The molecule has 4 nitrogen and oxygen atoms in total. The summed E-state index contributed by atoms with van der Waals surface area (Å²) in [4.78, 5) is 6.42. The maximum atomic E-state index is 5.55. The van der Waals surface area contributed by atoms with Gasteiger partial charge in [0, 0.05) is 26.6 Å². The summed E-state index contributed by atoms with van der Waals surface area (Å²) in [6, 6.07) is 10.8. The topological polar surface area (TPSA) is 37.4 Å². The third kappa shape index (κ3) is 2.94. The van der Waals surface area contributed by atoms with Crippen molar-refractivity contribution in [3.8, 4) is 5.75 Å². The minimum atomic E-state index is 0.239. The molecule has 0 spiro atoms. The van der Waals surface area contributed by atoms with Crippen LogP contribution in [0.4, 0.5) is 11.5 Å². The van der Waals surface area contributed by atoms with E-state index in [2.05, 4.69) is 41.5 Å². The third-order valence-corrected chi connectivity index (χ3v) is 3.80. The van der Waals surface area contributed by atoms with Gasteiger partial charge in [0.05, 0.1) is 18.5 Å². The summed E-state index contributed by atoms with van der Waals surface area (Å²) in [6.07, 6.45) is 2.89. The van der Waals surface area contributed by atoms with E-state index in [0.29, 0.717) is 0 Å². The highest BCUT2D eigenvalue weighted by atomic mass is 16.5. The van der Waals surface area contributed by atoms with Crippen LogP contribution in [0.2, 0.25) is 0 Å². The zero-order chi connectivity index (χ0) is 14.8. The summed E-state index contributed by atoms with van der Waals surface area (Å²) in [5, 5.41) is 3.49.